The van der Waals surface area contributed by atoms with Crippen LogP contribution < -0.4 is 11.2 Å². The van der Waals surface area contributed by atoms with Crippen LogP contribution in [0, 0.1) is 11.8 Å². The topological polar surface area (TPSA) is 125 Å². The maximum absolute atomic E-state index is 11.9. The summed E-state index contributed by atoms with van der Waals surface area (Å²) in [4.78, 5) is 25.8. The minimum absolute atomic E-state index is 0.0680. The Bertz CT molecular complexity index is 713. The molecule has 0 unspecified atom stereocenters. The molecule has 1 aliphatic rings. The summed E-state index contributed by atoms with van der Waals surface area (Å²) in [6.45, 7) is 1.52. The Morgan fingerprint density at radius 3 is 2.70 bits per heavy atom. The molecule has 0 spiro atoms. The maximum Gasteiger partial charge on any atom is 0.330 e. The first kappa shape index (κ1) is 17.4. The van der Waals surface area contributed by atoms with Crippen molar-refractivity contribution < 1.29 is 20.1 Å². The van der Waals surface area contributed by atoms with Crippen LogP contribution in [0.2, 0.25) is 0 Å². The van der Waals surface area contributed by atoms with E-state index in [1.165, 1.54) is 6.20 Å². The van der Waals surface area contributed by atoms with Gasteiger partial charge in [-0.15, -0.1) is 0 Å². The number of H-pyrrole nitrogens is 1. The van der Waals surface area contributed by atoms with Gasteiger partial charge in [-0.25, -0.2) is 4.79 Å². The first-order valence-corrected chi connectivity index (χ1v) is 7.46. The fourth-order valence-electron chi connectivity index (χ4n) is 2.30. The lowest BCUT2D eigenvalue weighted by Gasteiger charge is -2.17. The number of nitrogens with one attached hydrogen (secondary N) is 1. The molecule has 126 valence electrons. The van der Waals surface area contributed by atoms with Crippen LogP contribution in [0.15, 0.2) is 15.8 Å². The van der Waals surface area contributed by atoms with Crippen molar-refractivity contribution in [1.29, 1.82) is 0 Å². The van der Waals surface area contributed by atoms with Crippen molar-refractivity contribution in [3.05, 3.63) is 32.6 Å². The van der Waals surface area contributed by atoms with Crippen molar-refractivity contribution in [1.82, 2.24) is 9.55 Å². The Morgan fingerprint density at radius 1 is 1.35 bits per heavy atom. The molecule has 0 aromatic carbocycles. The molecule has 0 aliphatic carbocycles. The summed E-state index contributed by atoms with van der Waals surface area (Å²) in [7, 11) is 0. The molecule has 1 aromatic rings. The van der Waals surface area contributed by atoms with Crippen LogP contribution in [-0.4, -0.2) is 49.8 Å². The minimum Gasteiger partial charge on any atom is -0.394 e. The Morgan fingerprint density at radius 2 is 2.09 bits per heavy atom. The smallest absolute Gasteiger partial charge is 0.330 e. The number of unbranched alkanes of at least 4 members (excludes halogenated alkanes) is 2. The molecule has 2 rings (SSSR count). The zero-order valence-corrected chi connectivity index (χ0v) is 12.7. The Kier molecular flexibility index (Phi) is 5.74. The van der Waals surface area contributed by atoms with Crippen LogP contribution >= 0.6 is 0 Å². The molecule has 1 fully saturated rings. The van der Waals surface area contributed by atoms with E-state index in [1.807, 2.05) is 6.92 Å². The van der Waals surface area contributed by atoms with Gasteiger partial charge in [0.2, 0.25) is 0 Å². The average molecular weight is 324 g/mol. The molecule has 4 atom stereocenters. The fourth-order valence-corrected chi connectivity index (χ4v) is 2.30. The Labute approximate surface area is 132 Å². The first-order chi connectivity index (χ1) is 11.0. The number of hydrogen-bond donors (Lipinski definition) is 4. The molecule has 1 saturated heterocycles. The average Bonchev–Trinajstić information content (AvgIpc) is 2.81. The number of aliphatic hydroxyl groups excluding tert-OH is 3. The van der Waals surface area contributed by atoms with Gasteiger partial charge in [0.05, 0.1) is 6.61 Å². The molecule has 23 heavy (non-hydrogen) atoms. The largest absolute Gasteiger partial charge is 0.394 e. The summed E-state index contributed by atoms with van der Waals surface area (Å²) in [5, 5.41) is 28.8. The third-order valence-electron chi connectivity index (χ3n) is 3.64. The highest BCUT2D eigenvalue weighted by molar-refractivity contribution is 5.29. The molecule has 8 nitrogen and oxygen atoms in total. The summed E-state index contributed by atoms with van der Waals surface area (Å²) < 4.78 is 6.25. The third-order valence-corrected chi connectivity index (χ3v) is 3.64. The molecule has 0 amide bonds. The fraction of sp³-hybridized carbons (Fsp3) is 0.600. The van der Waals surface area contributed by atoms with Gasteiger partial charge in [-0.05, 0) is 6.42 Å². The lowest BCUT2D eigenvalue weighted by atomic mass is 10.1. The Hall–Kier alpha value is -1.92. The van der Waals surface area contributed by atoms with Gasteiger partial charge >= 0.3 is 5.69 Å². The van der Waals surface area contributed by atoms with Crippen LogP contribution in [0.25, 0.3) is 0 Å². The van der Waals surface area contributed by atoms with E-state index in [2.05, 4.69) is 16.8 Å². The maximum atomic E-state index is 11.9. The second-order valence-corrected chi connectivity index (χ2v) is 5.34. The van der Waals surface area contributed by atoms with Gasteiger partial charge in [0.15, 0.2) is 6.23 Å². The number of aromatic nitrogens is 2. The van der Waals surface area contributed by atoms with Crippen LogP contribution in [0.5, 0.6) is 0 Å². The van der Waals surface area contributed by atoms with E-state index in [-0.39, 0.29) is 5.56 Å². The molecule has 2 heterocycles. The summed E-state index contributed by atoms with van der Waals surface area (Å²) in [6.07, 6.45) is -1.24. The summed E-state index contributed by atoms with van der Waals surface area (Å²) in [6, 6.07) is 0. The lowest BCUT2D eigenvalue weighted by molar-refractivity contribution is -0.0550. The number of hydrogen-bond acceptors (Lipinski definition) is 6. The van der Waals surface area contributed by atoms with Gasteiger partial charge in [0.25, 0.3) is 5.56 Å². The predicted octanol–water partition coefficient (Wildman–Crippen LogP) is -1.31. The number of aliphatic hydroxyl groups is 3. The molecule has 4 N–H and O–H groups in total. The quantitative estimate of drug-likeness (QED) is 0.403. The molecular weight excluding hydrogens is 304 g/mol. The van der Waals surface area contributed by atoms with E-state index in [9.17, 15) is 19.8 Å². The lowest BCUT2D eigenvalue weighted by Crippen LogP contribution is -2.38. The van der Waals surface area contributed by atoms with E-state index in [0.717, 1.165) is 17.4 Å². The molecule has 0 radical (unpaired) electrons. The number of rotatable bonds is 4. The van der Waals surface area contributed by atoms with Crippen LogP contribution in [-0.2, 0) is 4.74 Å². The van der Waals surface area contributed by atoms with Gasteiger partial charge in [-0.1, -0.05) is 25.2 Å². The van der Waals surface area contributed by atoms with Crippen molar-refractivity contribution in [3.63, 3.8) is 0 Å². The van der Waals surface area contributed by atoms with Gasteiger partial charge in [0, 0.05) is 12.6 Å². The van der Waals surface area contributed by atoms with Crippen molar-refractivity contribution in [3.8, 4) is 11.8 Å². The van der Waals surface area contributed by atoms with Gasteiger partial charge in [-0.2, -0.15) is 0 Å². The summed E-state index contributed by atoms with van der Waals surface area (Å²) >= 11 is 0. The monoisotopic (exact) mass is 324 g/mol. The van der Waals surface area contributed by atoms with Crippen molar-refractivity contribution in [2.75, 3.05) is 6.61 Å². The SMILES string of the molecule is CCCCC#Cc1cn([C@@H]2O[C@H](CO)[C@@H](O)[C@H]2O)c(=O)[nH]c1=O. The second-order valence-electron chi connectivity index (χ2n) is 5.34. The van der Waals surface area contributed by atoms with Crippen molar-refractivity contribution in [2.45, 2.75) is 50.7 Å². The number of aromatic amines is 1. The predicted molar refractivity (Wildman–Crippen MR) is 80.7 cm³/mol. The van der Waals surface area contributed by atoms with Crippen molar-refractivity contribution in [2.24, 2.45) is 0 Å². The van der Waals surface area contributed by atoms with Gasteiger partial charge < -0.3 is 20.1 Å². The van der Waals surface area contributed by atoms with E-state index >= 15 is 0 Å². The zero-order valence-electron chi connectivity index (χ0n) is 12.7. The standard InChI is InChI=1S/C15H20N2O6/c1-2-3-4-5-6-9-7-17(15(22)16-13(9)21)14-12(20)11(19)10(8-18)23-14/h7,10-12,14,18-20H,2-4,8H2,1H3,(H,16,21,22)/t10-,11-,12-,14-/m1/s1. The molecule has 0 bridgehead atoms. The van der Waals surface area contributed by atoms with Crippen molar-refractivity contribution >= 4 is 0 Å². The van der Waals surface area contributed by atoms with Crippen LogP contribution in [0.3, 0.4) is 0 Å². The number of ether oxygens (including phenoxy) is 1. The Balaban J connectivity index is 2.34. The summed E-state index contributed by atoms with van der Waals surface area (Å²) in [5.74, 6) is 5.53. The zero-order chi connectivity index (χ0) is 17.0. The van der Waals surface area contributed by atoms with E-state index in [4.69, 9.17) is 9.84 Å². The highest BCUT2D eigenvalue weighted by Crippen LogP contribution is 2.27. The molecule has 1 aromatic heterocycles. The summed E-state index contributed by atoms with van der Waals surface area (Å²) in [5.41, 5.74) is -1.34. The molecule has 0 saturated carbocycles. The second kappa shape index (κ2) is 7.57. The van der Waals surface area contributed by atoms with Crippen LogP contribution in [0.1, 0.15) is 38.0 Å². The number of nitrogens with zero attached hydrogens (tertiary/aromatic N) is 1. The van der Waals surface area contributed by atoms with Gasteiger partial charge in [-0.3, -0.25) is 14.3 Å². The van der Waals surface area contributed by atoms with E-state index in [1.54, 1.807) is 0 Å². The van der Waals surface area contributed by atoms with Gasteiger partial charge in [0.1, 0.15) is 23.9 Å². The van der Waals surface area contributed by atoms with Crippen LogP contribution in [0.4, 0.5) is 0 Å². The first-order valence-electron chi connectivity index (χ1n) is 7.46. The molecule has 8 heteroatoms. The third kappa shape index (κ3) is 3.71. The highest BCUT2D eigenvalue weighted by Gasteiger charge is 2.43. The molecule has 1 aliphatic heterocycles. The normalized spacial score (nSPS) is 26.8. The van der Waals surface area contributed by atoms with E-state index < -0.39 is 42.4 Å². The highest BCUT2D eigenvalue weighted by atomic mass is 16.6. The minimum atomic E-state index is -1.41. The van der Waals surface area contributed by atoms with E-state index in [0.29, 0.717) is 6.42 Å². The molecular formula is C15H20N2O6.